The van der Waals surface area contributed by atoms with Crippen LogP contribution in [0, 0.1) is 6.92 Å². The number of hydrogen-bond acceptors (Lipinski definition) is 6. The number of fused-ring (bicyclic) bond motifs is 1. The van der Waals surface area contributed by atoms with Crippen LogP contribution in [0.5, 0.6) is 11.5 Å². The molecule has 150 valence electrons. The molecule has 0 radical (unpaired) electrons. The highest BCUT2D eigenvalue weighted by Crippen LogP contribution is 2.43. The maximum Gasteiger partial charge on any atom is 0.226 e. The minimum atomic E-state index is -3.06. The Kier molecular flexibility index (Phi) is 4.57. The number of benzene rings is 1. The van der Waals surface area contributed by atoms with Crippen molar-refractivity contribution in [2.75, 3.05) is 31.0 Å². The van der Waals surface area contributed by atoms with E-state index in [0.29, 0.717) is 23.7 Å². The van der Waals surface area contributed by atoms with Crippen LogP contribution in [0.3, 0.4) is 0 Å². The van der Waals surface area contributed by atoms with E-state index in [9.17, 15) is 13.2 Å². The lowest BCUT2D eigenvalue weighted by Gasteiger charge is -2.26. The average molecular weight is 405 g/mol. The van der Waals surface area contributed by atoms with Gasteiger partial charge < -0.3 is 14.8 Å². The summed E-state index contributed by atoms with van der Waals surface area (Å²) < 4.78 is 36.2. The smallest absolute Gasteiger partial charge is 0.226 e. The first-order valence-electron chi connectivity index (χ1n) is 9.14. The van der Waals surface area contributed by atoms with Gasteiger partial charge in [-0.1, -0.05) is 6.07 Å². The molecule has 4 rings (SSSR count). The topological polar surface area (TPSA) is 99.5 Å². The molecule has 0 aliphatic carbocycles. The number of nitrogens with zero attached hydrogens (tertiary/aromatic N) is 2. The zero-order chi connectivity index (χ0) is 20.1. The summed E-state index contributed by atoms with van der Waals surface area (Å²) in [7, 11) is 0.0900. The number of amides is 1. The summed E-state index contributed by atoms with van der Waals surface area (Å²) in [5, 5.41) is 7.52. The summed E-state index contributed by atoms with van der Waals surface area (Å²) in [6, 6.07) is 5.37. The highest BCUT2D eigenvalue weighted by atomic mass is 32.2. The van der Waals surface area contributed by atoms with E-state index < -0.39 is 9.84 Å². The second-order valence-corrected chi connectivity index (χ2v) is 9.50. The molecule has 1 fully saturated rings. The van der Waals surface area contributed by atoms with Crippen LogP contribution in [-0.2, 0) is 14.6 Å². The molecule has 2 aromatic rings. The lowest BCUT2D eigenvalue weighted by atomic mass is 9.85. The molecule has 1 aromatic heterocycles. The van der Waals surface area contributed by atoms with Gasteiger partial charge in [-0.3, -0.25) is 4.79 Å². The minimum Gasteiger partial charge on any atom is -0.493 e. The molecule has 1 saturated heterocycles. The van der Waals surface area contributed by atoms with Crippen molar-refractivity contribution in [3.8, 4) is 11.5 Å². The highest BCUT2D eigenvalue weighted by Gasteiger charge is 2.37. The van der Waals surface area contributed by atoms with Crippen molar-refractivity contribution in [1.82, 2.24) is 9.78 Å². The third kappa shape index (κ3) is 3.13. The van der Waals surface area contributed by atoms with Gasteiger partial charge in [0.15, 0.2) is 21.3 Å². The predicted octanol–water partition coefficient (Wildman–Crippen LogP) is 2.04. The quantitative estimate of drug-likeness (QED) is 0.836. The van der Waals surface area contributed by atoms with Gasteiger partial charge in [0, 0.05) is 17.9 Å². The first kappa shape index (κ1) is 18.8. The number of ether oxygens (including phenoxy) is 2. The Morgan fingerprint density at radius 2 is 1.96 bits per heavy atom. The first-order chi connectivity index (χ1) is 13.3. The zero-order valence-corrected chi connectivity index (χ0v) is 16.9. The molecule has 9 heteroatoms. The molecule has 28 heavy (non-hydrogen) atoms. The first-order valence-corrected chi connectivity index (χ1v) is 11.0. The van der Waals surface area contributed by atoms with Crippen LogP contribution in [0.4, 0.5) is 5.82 Å². The molecule has 2 atom stereocenters. The van der Waals surface area contributed by atoms with Gasteiger partial charge in [-0.25, -0.2) is 13.1 Å². The molecule has 0 unspecified atom stereocenters. The fraction of sp³-hybridized carbons (Fsp3) is 0.474. The van der Waals surface area contributed by atoms with Crippen LogP contribution in [-0.4, -0.2) is 49.8 Å². The average Bonchev–Trinajstić information content (AvgIpc) is 3.19. The van der Waals surface area contributed by atoms with Gasteiger partial charge in [-0.15, -0.1) is 0 Å². The maximum absolute atomic E-state index is 12.5. The molecular formula is C19H23N3O5S. The molecule has 0 spiro atoms. The van der Waals surface area contributed by atoms with Crippen molar-refractivity contribution in [2.45, 2.75) is 31.7 Å². The molecule has 8 nitrogen and oxygen atoms in total. The summed E-state index contributed by atoms with van der Waals surface area (Å²) in [4.78, 5) is 12.5. The van der Waals surface area contributed by atoms with E-state index in [-0.39, 0.29) is 35.8 Å². The summed E-state index contributed by atoms with van der Waals surface area (Å²) in [5.41, 5.74) is 2.64. The number of methoxy groups -OCH3 is 2. The SMILES string of the molecule is COc1ccc([C@H]2CC(=O)Nc3c2c(C)nn3[C@H]2CCS(=O)(=O)C2)cc1OC. The Morgan fingerprint density at radius 1 is 1.21 bits per heavy atom. The third-order valence-corrected chi connectivity index (χ3v) is 7.24. The van der Waals surface area contributed by atoms with Crippen LogP contribution >= 0.6 is 0 Å². The van der Waals surface area contributed by atoms with Crippen molar-refractivity contribution in [2.24, 2.45) is 0 Å². The largest absolute Gasteiger partial charge is 0.493 e. The number of rotatable bonds is 4. The van der Waals surface area contributed by atoms with Crippen LogP contribution in [0.15, 0.2) is 18.2 Å². The highest BCUT2D eigenvalue weighted by molar-refractivity contribution is 7.91. The lowest BCUT2D eigenvalue weighted by Crippen LogP contribution is -2.26. The van der Waals surface area contributed by atoms with Crippen molar-refractivity contribution in [1.29, 1.82) is 0 Å². The van der Waals surface area contributed by atoms with Crippen molar-refractivity contribution in [3.05, 3.63) is 35.0 Å². The summed E-state index contributed by atoms with van der Waals surface area (Å²) >= 11 is 0. The van der Waals surface area contributed by atoms with Crippen LogP contribution in [0.25, 0.3) is 0 Å². The molecule has 1 amide bonds. The van der Waals surface area contributed by atoms with Gasteiger partial charge in [-0.2, -0.15) is 5.10 Å². The van der Waals surface area contributed by atoms with E-state index in [1.54, 1.807) is 18.9 Å². The molecule has 2 aliphatic rings. The predicted molar refractivity (Wildman–Crippen MR) is 104 cm³/mol. The summed E-state index contributed by atoms with van der Waals surface area (Å²) in [6.45, 7) is 1.89. The lowest BCUT2D eigenvalue weighted by molar-refractivity contribution is -0.116. The number of carbonyl (C=O) groups excluding carboxylic acids is 1. The number of aromatic nitrogens is 2. The Bertz CT molecular complexity index is 1040. The number of aryl methyl sites for hydroxylation is 1. The Labute approximate surface area is 163 Å². The van der Waals surface area contributed by atoms with Gasteiger partial charge in [0.1, 0.15) is 5.82 Å². The molecule has 0 bridgehead atoms. The molecule has 2 aliphatic heterocycles. The van der Waals surface area contributed by atoms with E-state index in [4.69, 9.17) is 9.47 Å². The van der Waals surface area contributed by atoms with Crippen molar-refractivity contribution in [3.63, 3.8) is 0 Å². The van der Waals surface area contributed by atoms with Gasteiger partial charge in [0.2, 0.25) is 5.91 Å². The molecule has 0 saturated carbocycles. The minimum absolute atomic E-state index is 0.0530. The fourth-order valence-corrected chi connectivity index (χ4v) is 5.85. The van der Waals surface area contributed by atoms with E-state index in [2.05, 4.69) is 10.4 Å². The Hall–Kier alpha value is -2.55. The van der Waals surface area contributed by atoms with Crippen LogP contribution in [0.1, 0.15) is 41.6 Å². The van der Waals surface area contributed by atoms with E-state index in [0.717, 1.165) is 16.8 Å². The third-order valence-electron chi connectivity index (χ3n) is 5.49. The van der Waals surface area contributed by atoms with Gasteiger partial charge in [0.25, 0.3) is 0 Å². The Morgan fingerprint density at radius 3 is 2.61 bits per heavy atom. The number of nitrogens with one attached hydrogen (secondary N) is 1. The normalized spacial score (nSPS) is 23.2. The number of carbonyl (C=O) groups is 1. The van der Waals surface area contributed by atoms with Crippen molar-refractivity contribution >= 4 is 21.6 Å². The van der Waals surface area contributed by atoms with E-state index in [1.807, 2.05) is 25.1 Å². The van der Waals surface area contributed by atoms with Gasteiger partial charge >= 0.3 is 0 Å². The molecular weight excluding hydrogens is 382 g/mol. The van der Waals surface area contributed by atoms with Gasteiger partial charge in [0.05, 0.1) is 37.5 Å². The second kappa shape index (κ2) is 6.80. The fourth-order valence-electron chi connectivity index (χ4n) is 4.16. The zero-order valence-electron chi connectivity index (χ0n) is 16.1. The summed E-state index contributed by atoms with van der Waals surface area (Å²) in [5.74, 6) is 1.73. The van der Waals surface area contributed by atoms with Crippen LogP contribution in [0.2, 0.25) is 0 Å². The van der Waals surface area contributed by atoms with E-state index >= 15 is 0 Å². The second-order valence-electron chi connectivity index (χ2n) is 7.27. The van der Waals surface area contributed by atoms with Gasteiger partial charge in [-0.05, 0) is 31.0 Å². The standard InChI is InChI=1S/C19H23N3O5S/c1-11-18-14(12-4-5-15(26-2)16(8-12)27-3)9-17(23)20-19(18)22(21-11)13-6-7-28(24,25)10-13/h4-5,8,13-14H,6-7,9-10H2,1-3H3,(H,20,23)/t13-,14+/m0/s1. The molecule has 1 aromatic carbocycles. The maximum atomic E-state index is 12.5. The monoisotopic (exact) mass is 405 g/mol. The van der Waals surface area contributed by atoms with Crippen LogP contribution < -0.4 is 14.8 Å². The molecule has 3 heterocycles. The number of sulfone groups is 1. The summed E-state index contributed by atoms with van der Waals surface area (Å²) in [6.07, 6.45) is 0.796. The molecule has 1 N–H and O–H groups in total. The van der Waals surface area contributed by atoms with E-state index in [1.165, 1.54) is 0 Å². The van der Waals surface area contributed by atoms with Crippen molar-refractivity contribution < 1.29 is 22.7 Å². The Balaban J connectivity index is 1.79. The number of hydrogen-bond donors (Lipinski definition) is 1. The number of anilines is 1.